The summed E-state index contributed by atoms with van der Waals surface area (Å²) in [6, 6.07) is 4.51. The van der Waals surface area contributed by atoms with E-state index in [0.29, 0.717) is 12.6 Å². The molecule has 1 aromatic rings. The monoisotopic (exact) mass is 332 g/mol. The summed E-state index contributed by atoms with van der Waals surface area (Å²) < 4.78 is 5.56. The van der Waals surface area contributed by atoms with Crippen LogP contribution < -0.4 is 15.5 Å². The third-order valence-electron chi connectivity index (χ3n) is 4.84. The number of morpholine rings is 1. The molecule has 6 heteroatoms. The molecule has 1 unspecified atom stereocenters. The number of nitrogens with zero attached hydrogens (tertiary/aromatic N) is 2. The molecule has 1 aromatic heterocycles. The summed E-state index contributed by atoms with van der Waals surface area (Å²) >= 11 is 0. The Bertz CT molecular complexity index is 548. The van der Waals surface area contributed by atoms with E-state index in [9.17, 15) is 4.79 Å². The molecule has 2 N–H and O–H groups in total. The van der Waals surface area contributed by atoms with E-state index in [0.717, 1.165) is 50.5 Å². The van der Waals surface area contributed by atoms with E-state index in [1.807, 2.05) is 18.3 Å². The summed E-state index contributed by atoms with van der Waals surface area (Å²) in [6.07, 6.45) is 3.94. The molecule has 3 atom stereocenters. The molecule has 24 heavy (non-hydrogen) atoms. The molecule has 3 heterocycles. The average molecular weight is 332 g/mol. The molecule has 0 aromatic carbocycles. The van der Waals surface area contributed by atoms with E-state index in [1.54, 1.807) is 0 Å². The van der Waals surface area contributed by atoms with Crippen molar-refractivity contribution in [2.24, 2.45) is 5.92 Å². The summed E-state index contributed by atoms with van der Waals surface area (Å²) in [6.45, 7) is 8.18. The van der Waals surface area contributed by atoms with E-state index in [-0.39, 0.29) is 17.9 Å². The Morgan fingerprint density at radius 2 is 2.33 bits per heavy atom. The Morgan fingerprint density at radius 1 is 1.46 bits per heavy atom. The van der Waals surface area contributed by atoms with Crippen LogP contribution in [0.5, 0.6) is 0 Å². The van der Waals surface area contributed by atoms with Gasteiger partial charge >= 0.3 is 0 Å². The number of hydrogen-bond acceptors (Lipinski definition) is 5. The predicted molar refractivity (Wildman–Crippen MR) is 93.9 cm³/mol. The number of aromatic nitrogens is 1. The number of pyridine rings is 1. The molecule has 3 rings (SSSR count). The van der Waals surface area contributed by atoms with Gasteiger partial charge in [0.15, 0.2) is 0 Å². The lowest BCUT2D eigenvalue weighted by Gasteiger charge is -2.32. The van der Waals surface area contributed by atoms with Crippen LogP contribution in [-0.4, -0.2) is 49.3 Å². The fraction of sp³-hybridized carbons (Fsp3) is 0.667. The van der Waals surface area contributed by atoms with Gasteiger partial charge in [-0.2, -0.15) is 0 Å². The Morgan fingerprint density at radius 3 is 3.04 bits per heavy atom. The topological polar surface area (TPSA) is 66.5 Å². The summed E-state index contributed by atoms with van der Waals surface area (Å²) in [7, 11) is 0. The zero-order valence-electron chi connectivity index (χ0n) is 14.6. The lowest BCUT2D eigenvalue weighted by atomic mass is 9.92. The Balaban J connectivity index is 1.50. The van der Waals surface area contributed by atoms with Crippen molar-refractivity contribution in [1.82, 2.24) is 15.6 Å². The molecule has 1 amide bonds. The zero-order valence-corrected chi connectivity index (χ0v) is 14.6. The van der Waals surface area contributed by atoms with Gasteiger partial charge in [-0.3, -0.25) is 4.79 Å². The van der Waals surface area contributed by atoms with Gasteiger partial charge in [-0.05, 0) is 44.9 Å². The van der Waals surface area contributed by atoms with Gasteiger partial charge in [0.2, 0.25) is 5.91 Å². The first-order valence-electron chi connectivity index (χ1n) is 8.94. The van der Waals surface area contributed by atoms with Crippen LogP contribution in [0.2, 0.25) is 0 Å². The number of anilines is 1. The fourth-order valence-corrected chi connectivity index (χ4v) is 3.44. The highest BCUT2D eigenvalue weighted by molar-refractivity contribution is 5.78. The number of ether oxygens (including phenoxy) is 1. The van der Waals surface area contributed by atoms with Crippen molar-refractivity contribution in [2.75, 3.05) is 31.1 Å². The highest BCUT2D eigenvalue weighted by Crippen LogP contribution is 2.17. The van der Waals surface area contributed by atoms with Crippen LogP contribution in [0.3, 0.4) is 0 Å². The zero-order chi connectivity index (χ0) is 16.9. The number of amides is 1. The second kappa shape index (κ2) is 7.94. The normalized spacial score (nSPS) is 27.8. The van der Waals surface area contributed by atoms with Crippen LogP contribution in [0.25, 0.3) is 0 Å². The van der Waals surface area contributed by atoms with Gasteiger partial charge in [0, 0.05) is 37.8 Å². The SMILES string of the molecule is CC1CN(c2ccc(CNC(=O)[C@H]3CCN[C@@H](C)C3)cn2)CCO1. The largest absolute Gasteiger partial charge is 0.375 e. The molecule has 0 aliphatic carbocycles. The molecule has 0 saturated carbocycles. The lowest BCUT2D eigenvalue weighted by molar-refractivity contribution is -0.126. The van der Waals surface area contributed by atoms with Crippen molar-refractivity contribution in [2.45, 2.75) is 45.4 Å². The third-order valence-corrected chi connectivity index (χ3v) is 4.84. The van der Waals surface area contributed by atoms with E-state index in [1.165, 1.54) is 0 Å². The number of rotatable bonds is 4. The van der Waals surface area contributed by atoms with Crippen LogP contribution in [0, 0.1) is 5.92 Å². The molecule has 0 bridgehead atoms. The van der Waals surface area contributed by atoms with Crippen LogP contribution in [0.4, 0.5) is 5.82 Å². The molecule has 2 aliphatic rings. The Kier molecular flexibility index (Phi) is 5.68. The quantitative estimate of drug-likeness (QED) is 0.870. The molecule has 2 aliphatic heterocycles. The predicted octanol–water partition coefficient (Wildman–Crippen LogP) is 1.31. The number of hydrogen-bond donors (Lipinski definition) is 2. The second-order valence-electron chi connectivity index (χ2n) is 6.95. The first-order chi connectivity index (χ1) is 11.6. The van der Waals surface area contributed by atoms with Crippen molar-refractivity contribution in [1.29, 1.82) is 0 Å². The van der Waals surface area contributed by atoms with E-state index >= 15 is 0 Å². The molecule has 132 valence electrons. The first kappa shape index (κ1) is 17.2. The summed E-state index contributed by atoms with van der Waals surface area (Å²) in [5, 5.41) is 6.43. The molecule has 2 saturated heterocycles. The summed E-state index contributed by atoms with van der Waals surface area (Å²) in [5.74, 6) is 1.27. The Hall–Kier alpha value is -1.66. The maximum atomic E-state index is 12.3. The smallest absolute Gasteiger partial charge is 0.223 e. The van der Waals surface area contributed by atoms with Gasteiger partial charge in [0.05, 0.1) is 12.7 Å². The van der Waals surface area contributed by atoms with Gasteiger partial charge in [0.25, 0.3) is 0 Å². The van der Waals surface area contributed by atoms with Crippen LogP contribution in [-0.2, 0) is 16.1 Å². The van der Waals surface area contributed by atoms with Crippen molar-refractivity contribution in [3.05, 3.63) is 23.9 Å². The van der Waals surface area contributed by atoms with Crippen molar-refractivity contribution < 1.29 is 9.53 Å². The van der Waals surface area contributed by atoms with E-state index in [4.69, 9.17) is 4.74 Å². The molecule has 2 fully saturated rings. The summed E-state index contributed by atoms with van der Waals surface area (Å²) in [4.78, 5) is 19.1. The molecule has 6 nitrogen and oxygen atoms in total. The highest BCUT2D eigenvalue weighted by Gasteiger charge is 2.24. The van der Waals surface area contributed by atoms with Gasteiger partial charge in [0.1, 0.15) is 5.82 Å². The lowest BCUT2D eigenvalue weighted by Crippen LogP contribution is -2.42. The number of carbonyl (C=O) groups excluding carboxylic acids is 1. The molecule has 0 radical (unpaired) electrons. The van der Waals surface area contributed by atoms with Gasteiger partial charge < -0.3 is 20.3 Å². The maximum absolute atomic E-state index is 12.3. The van der Waals surface area contributed by atoms with Gasteiger partial charge in [-0.25, -0.2) is 4.98 Å². The minimum Gasteiger partial charge on any atom is -0.375 e. The molecule has 0 spiro atoms. The van der Waals surface area contributed by atoms with Crippen LogP contribution in [0.15, 0.2) is 18.3 Å². The van der Waals surface area contributed by atoms with E-state index in [2.05, 4.69) is 34.4 Å². The number of carbonyl (C=O) groups is 1. The minimum absolute atomic E-state index is 0.128. The standard InChI is InChI=1S/C18H28N4O2/c1-13-9-16(5-6-19-13)18(23)21-11-15-3-4-17(20-10-15)22-7-8-24-14(2)12-22/h3-4,10,13-14,16,19H,5-9,11-12H2,1-2H3,(H,21,23)/t13-,14?,16-/m0/s1. The van der Waals surface area contributed by atoms with Crippen LogP contribution >= 0.6 is 0 Å². The van der Waals surface area contributed by atoms with Crippen molar-refractivity contribution in [3.8, 4) is 0 Å². The fourth-order valence-electron chi connectivity index (χ4n) is 3.44. The van der Waals surface area contributed by atoms with Crippen molar-refractivity contribution in [3.63, 3.8) is 0 Å². The average Bonchev–Trinajstić information content (AvgIpc) is 2.60. The number of nitrogens with one attached hydrogen (secondary N) is 2. The summed E-state index contributed by atoms with van der Waals surface area (Å²) in [5.41, 5.74) is 1.04. The second-order valence-corrected chi connectivity index (χ2v) is 6.95. The first-order valence-corrected chi connectivity index (χ1v) is 8.94. The van der Waals surface area contributed by atoms with Gasteiger partial charge in [-0.1, -0.05) is 6.07 Å². The minimum atomic E-state index is 0.128. The number of piperidine rings is 1. The van der Waals surface area contributed by atoms with Gasteiger partial charge in [-0.15, -0.1) is 0 Å². The van der Waals surface area contributed by atoms with Crippen molar-refractivity contribution >= 4 is 11.7 Å². The van der Waals surface area contributed by atoms with E-state index < -0.39 is 0 Å². The third kappa shape index (κ3) is 4.45. The maximum Gasteiger partial charge on any atom is 0.223 e. The van der Waals surface area contributed by atoms with Crippen LogP contribution in [0.1, 0.15) is 32.3 Å². The highest BCUT2D eigenvalue weighted by atomic mass is 16.5. The molecular formula is C18H28N4O2. The molecular weight excluding hydrogens is 304 g/mol. The Labute approximate surface area is 144 Å².